The van der Waals surface area contributed by atoms with Gasteiger partial charge in [0.05, 0.1) is 22.7 Å². The van der Waals surface area contributed by atoms with Gasteiger partial charge in [0.25, 0.3) is 5.69 Å². The van der Waals surface area contributed by atoms with Crippen LogP contribution in [0.2, 0.25) is 0 Å². The van der Waals surface area contributed by atoms with E-state index in [0.29, 0.717) is 12.2 Å². The first-order valence-electron chi connectivity index (χ1n) is 11.3. The fraction of sp³-hybridized carbons (Fsp3) is 0.185. The Morgan fingerprint density at radius 3 is 2.24 bits per heavy atom. The molecule has 1 saturated carbocycles. The summed E-state index contributed by atoms with van der Waals surface area (Å²) in [6, 6.07) is 26.2. The summed E-state index contributed by atoms with van der Waals surface area (Å²) in [5.41, 5.74) is 4.31. The molecule has 3 aromatic carbocycles. The van der Waals surface area contributed by atoms with E-state index in [1.165, 1.54) is 17.7 Å². The summed E-state index contributed by atoms with van der Waals surface area (Å²) in [6.45, 7) is 0.607. The first kappa shape index (κ1) is 21.6. The maximum atomic E-state index is 13.0. The average molecular weight is 453 g/mol. The molecule has 1 N–H and O–H groups in total. The van der Waals surface area contributed by atoms with Gasteiger partial charge in [-0.2, -0.15) is 5.10 Å². The summed E-state index contributed by atoms with van der Waals surface area (Å²) in [5.74, 6) is -0.0713. The van der Waals surface area contributed by atoms with Crippen molar-refractivity contribution in [2.75, 3.05) is 6.54 Å². The second kappa shape index (κ2) is 8.94. The van der Waals surface area contributed by atoms with E-state index >= 15 is 0 Å². The Hall–Kier alpha value is -4.26. The molecular formula is C27H24N4O3. The number of nitro groups is 1. The molecule has 0 aliphatic heterocycles. The van der Waals surface area contributed by atoms with Crippen molar-refractivity contribution >= 4 is 11.6 Å². The molecule has 0 spiro atoms. The standard InChI is InChI=1S/C27H24N4O3/c32-25(28-19-27(15-16-27)22-7-3-1-4-8-22)17-21-18-30(23-9-5-2-6-10-23)29-26(21)20-11-13-24(14-12-20)31(33)34/h1-14,18H,15-17,19H2,(H,28,32). The van der Waals surface area contributed by atoms with Crippen LogP contribution in [-0.4, -0.2) is 27.2 Å². The molecule has 34 heavy (non-hydrogen) atoms. The first-order chi connectivity index (χ1) is 16.5. The number of para-hydroxylation sites is 1. The second-order valence-electron chi connectivity index (χ2n) is 8.69. The molecule has 1 aliphatic carbocycles. The molecule has 0 bridgehead atoms. The summed E-state index contributed by atoms with van der Waals surface area (Å²) >= 11 is 0. The zero-order valence-corrected chi connectivity index (χ0v) is 18.6. The molecule has 1 aromatic heterocycles. The average Bonchev–Trinajstić information content (AvgIpc) is 3.56. The quantitative estimate of drug-likeness (QED) is 0.306. The highest BCUT2D eigenvalue weighted by Gasteiger charge is 2.44. The number of hydrogen-bond acceptors (Lipinski definition) is 4. The Bertz CT molecular complexity index is 1310. The minimum Gasteiger partial charge on any atom is -0.355 e. The number of carbonyl (C=O) groups is 1. The molecular weight excluding hydrogens is 428 g/mol. The molecule has 7 heteroatoms. The van der Waals surface area contributed by atoms with Gasteiger partial charge >= 0.3 is 0 Å². The van der Waals surface area contributed by atoms with Crippen LogP contribution in [0.4, 0.5) is 5.69 Å². The molecule has 0 atom stereocenters. The number of benzene rings is 3. The van der Waals surface area contributed by atoms with Gasteiger partial charge in [0.1, 0.15) is 0 Å². The number of non-ortho nitro benzene ring substituents is 1. The van der Waals surface area contributed by atoms with Crippen LogP contribution < -0.4 is 5.32 Å². The lowest BCUT2D eigenvalue weighted by molar-refractivity contribution is -0.384. The van der Waals surface area contributed by atoms with Crippen LogP contribution >= 0.6 is 0 Å². The molecule has 1 aliphatic rings. The number of hydrogen-bond donors (Lipinski definition) is 1. The molecule has 5 rings (SSSR count). The highest BCUT2D eigenvalue weighted by Crippen LogP contribution is 2.47. The van der Waals surface area contributed by atoms with Gasteiger partial charge in [-0.05, 0) is 42.7 Å². The molecule has 0 saturated heterocycles. The third-order valence-corrected chi connectivity index (χ3v) is 6.38. The molecule has 1 heterocycles. The highest BCUT2D eigenvalue weighted by molar-refractivity contribution is 5.81. The van der Waals surface area contributed by atoms with Crippen molar-refractivity contribution < 1.29 is 9.72 Å². The van der Waals surface area contributed by atoms with Crippen molar-refractivity contribution in [2.24, 2.45) is 0 Å². The molecule has 7 nitrogen and oxygen atoms in total. The van der Waals surface area contributed by atoms with Gasteiger partial charge in [-0.25, -0.2) is 4.68 Å². The van der Waals surface area contributed by atoms with Crippen molar-refractivity contribution in [3.05, 3.63) is 112 Å². The second-order valence-corrected chi connectivity index (χ2v) is 8.69. The number of nitro benzene ring substituents is 1. The number of carbonyl (C=O) groups excluding carboxylic acids is 1. The first-order valence-corrected chi connectivity index (χ1v) is 11.3. The van der Waals surface area contributed by atoms with Crippen LogP contribution in [0.25, 0.3) is 16.9 Å². The normalized spacial score (nSPS) is 13.9. The van der Waals surface area contributed by atoms with Crippen LogP contribution in [0, 0.1) is 10.1 Å². The predicted molar refractivity (Wildman–Crippen MR) is 130 cm³/mol. The van der Waals surface area contributed by atoms with E-state index in [1.54, 1.807) is 16.8 Å². The third-order valence-electron chi connectivity index (χ3n) is 6.38. The zero-order chi connectivity index (χ0) is 23.5. The summed E-state index contributed by atoms with van der Waals surface area (Å²) in [5, 5.41) is 18.9. The Kier molecular flexibility index (Phi) is 5.67. The monoisotopic (exact) mass is 452 g/mol. The zero-order valence-electron chi connectivity index (χ0n) is 18.6. The van der Waals surface area contributed by atoms with E-state index < -0.39 is 4.92 Å². The van der Waals surface area contributed by atoms with Crippen molar-refractivity contribution in [1.29, 1.82) is 0 Å². The van der Waals surface area contributed by atoms with Gasteiger partial charge in [0.15, 0.2) is 0 Å². The van der Waals surface area contributed by atoms with Gasteiger partial charge in [-0.3, -0.25) is 14.9 Å². The molecule has 1 amide bonds. The number of amides is 1. The lowest BCUT2D eigenvalue weighted by Crippen LogP contribution is -2.33. The van der Waals surface area contributed by atoms with Crippen molar-refractivity contribution in [3.8, 4) is 16.9 Å². The molecule has 0 unspecified atom stereocenters. The van der Waals surface area contributed by atoms with E-state index in [1.807, 2.05) is 54.7 Å². The summed E-state index contributed by atoms with van der Waals surface area (Å²) < 4.78 is 1.74. The van der Waals surface area contributed by atoms with Crippen molar-refractivity contribution in [1.82, 2.24) is 15.1 Å². The maximum absolute atomic E-state index is 13.0. The summed E-state index contributed by atoms with van der Waals surface area (Å²) in [7, 11) is 0. The largest absolute Gasteiger partial charge is 0.355 e. The van der Waals surface area contributed by atoms with Crippen LogP contribution in [0.15, 0.2) is 91.1 Å². The number of nitrogens with one attached hydrogen (secondary N) is 1. The highest BCUT2D eigenvalue weighted by atomic mass is 16.6. The summed E-state index contributed by atoms with van der Waals surface area (Å²) in [4.78, 5) is 23.6. The predicted octanol–water partition coefficient (Wildman–Crippen LogP) is 4.84. The van der Waals surface area contributed by atoms with Crippen LogP contribution in [0.1, 0.15) is 24.0 Å². The number of rotatable bonds is 8. The number of nitrogens with zero attached hydrogens (tertiary/aromatic N) is 3. The van der Waals surface area contributed by atoms with Gasteiger partial charge < -0.3 is 5.32 Å². The van der Waals surface area contributed by atoms with E-state index in [2.05, 4.69) is 17.4 Å². The summed E-state index contributed by atoms with van der Waals surface area (Å²) in [6.07, 6.45) is 4.16. The Morgan fingerprint density at radius 1 is 0.971 bits per heavy atom. The smallest absolute Gasteiger partial charge is 0.269 e. The van der Waals surface area contributed by atoms with Gasteiger partial charge in [-0.15, -0.1) is 0 Å². The molecule has 1 fully saturated rings. The fourth-order valence-corrected chi connectivity index (χ4v) is 4.25. The maximum Gasteiger partial charge on any atom is 0.269 e. The fourth-order valence-electron chi connectivity index (χ4n) is 4.25. The Labute approximate surface area is 197 Å². The number of aromatic nitrogens is 2. The van der Waals surface area contributed by atoms with Gasteiger partial charge in [0, 0.05) is 41.4 Å². The van der Waals surface area contributed by atoms with Crippen LogP contribution in [0.3, 0.4) is 0 Å². The molecule has 170 valence electrons. The van der Waals surface area contributed by atoms with Crippen LogP contribution in [-0.2, 0) is 16.6 Å². The minimum absolute atomic E-state index is 0.0150. The van der Waals surface area contributed by atoms with E-state index in [9.17, 15) is 14.9 Å². The SMILES string of the molecule is O=C(Cc1cn(-c2ccccc2)nc1-c1ccc([N+](=O)[O-])cc1)NCC1(c2ccccc2)CC1. The lowest BCUT2D eigenvalue weighted by Gasteiger charge is -2.16. The van der Waals surface area contributed by atoms with E-state index in [-0.39, 0.29) is 23.4 Å². The van der Waals surface area contributed by atoms with Gasteiger partial charge in [0.2, 0.25) is 5.91 Å². The third kappa shape index (κ3) is 4.45. The van der Waals surface area contributed by atoms with Crippen LogP contribution in [0.5, 0.6) is 0 Å². The van der Waals surface area contributed by atoms with Crippen molar-refractivity contribution in [3.63, 3.8) is 0 Å². The molecule has 0 radical (unpaired) electrons. The van der Waals surface area contributed by atoms with E-state index in [4.69, 9.17) is 5.10 Å². The minimum atomic E-state index is -0.429. The topological polar surface area (TPSA) is 90.1 Å². The Morgan fingerprint density at radius 2 is 1.62 bits per heavy atom. The Balaban J connectivity index is 1.38. The lowest BCUT2D eigenvalue weighted by atomic mass is 9.96. The molecule has 4 aromatic rings. The van der Waals surface area contributed by atoms with E-state index in [0.717, 1.165) is 29.7 Å². The van der Waals surface area contributed by atoms with Crippen molar-refractivity contribution in [2.45, 2.75) is 24.7 Å². The van der Waals surface area contributed by atoms with Gasteiger partial charge in [-0.1, -0.05) is 48.5 Å².